The van der Waals surface area contributed by atoms with Crippen LogP contribution in [0.4, 0.5) is 0 Å². The van der Waals surface area contributed by atoms with Crippen molar-refractivity contribution in [3.63, 3.8) is 0 Å². The van der Waals surface area contributed by atoms with E-state index in [4.69, 9.17) is 13.3 Å². The number of allylic oxidation sites excluding steroid dienone is 2. The van der Waals surface area contributed by atoms with E-state index in [1.54, 1.807) is 21.3 Å². The van der Waals surface area contributed by atoms with Crippen LogP contribution in [-0.4, -0.2) is 30.1 Å². The van der Waals surface area contributed by atoms with Crippen LogP contribution < -0.4 is 0 Å². The highest BCUT2D eigenvalue weighted by Crippen LogP contribution is 2.28. The summed E-state index contributed by atoms with van der Waals surface area (Å²) in [6, 6.07) is 0. The molecule has 3 nitrogen and oxygen atoms in total. The summed E-state index contributed by atoms with van der Waals surface area (Å²) in [5, 5.41) is 0. The fourth-order valence-electron chi connectivity index (χ4n) is 1.51. The van der Waals surface area contributed by atoms with E-state index in [2.05, 4.69) is 26.0 Å². The van der Waals surface area contributed by atoms with Gasteiger partial charge < -0.3 is 13.3 Å². The van der Waals surface area contributed by atoms with Gasteiger partial charge in [-0.05, 0) is 12.8 Å². The van der Waals surface area contributed by atoms with E-state index in [1.165, 1.54) is 0 Å². The lowest BCUT2D eigenvalue weighted by molar-refractivity contribution is 0.116. The lowest BCUT2D eigenvalue weighted by Crippen LogP contribution is -2.46. The van der Waals surface area contributed by atoms with Crippen molar-refractivity contribution in [1.82, 2.24) is 0 Å². The van der Waals surface area contributed by atoms with E-state index in [9.17, 15) is 0 Å². The van der Waals surface area contributed by atoms with Crippen molar-refractivity contribution in [2.24, 2.45) is 0 Å². The molecule has 1 atom stereocenters. The molecule has 0 rings (SSSR count). The standard InChI is InChI=1S/C10H22O3Si/c1-6-8-9-10(7-2)14(11-3,12-4)13-5/h8-10H,6-7H2,1-5H3. The fraction of sp³-hybridized carbons (Fsp3) is 0.800. The number of hydrogen-bond donors (Lipinski definition) is 0. The third-order valence-electron chi connectivity index (χ3n) is 2.35. The first-order valence-electron chi connectivity index (χ1n) is 5.02. The number of rotatable bonds is 7. The van der Waals surface area contributed by atoms with Gasteiger partial charge in [0.25, 0.3) is 0 Å². The van der Waals surface area contributed by atoms with Gasteiger partial charge in [-0.3, -0.25) is 0 Å². The average Bonchev–Trinajstić information content (AvgIpc) is 2.25. The van der Waals surface area contributed by atoms with Crippen LogP contribution in [0.25, 0.3) is 0 Å². The van der Waals surface area contributed by atoms with Crippen molar-refractivity contribution in [1.29, 1.82) is 0 Å². The van der Waals surface area contributed by atoms with E-state index < -0.39 is 8.80 Å². The highest BCUT2D eigenvalue weighted by molar-refractivity contribution is 6.62. The summed E-state index contributed by atoms with van der Waals surface area (Å²) in [5.74, 6) is 0. The first kappa shape index (κ1) is 13.8. The minimum atomic E-state index is -2.47. The van der Waals surface area contributed by atoms with E-state index in [-0.39, 0.29) is 5.54 Å². The van der Waals surface area contributed by atoms with Gasteiger partial charge in [0.1, 0.15) is 0 Å². The van der Waals surface area contributed by atoms with E-state index >= 15 is 0 Å². The maximum atomic E-state index is 5.43. The van der Waals surface area contributed by atoms with Crippen LogP contribution in [0.3, 0.4) is 0 Å². The molecule has 0 aliphatic rings. The molecule has 0 saturated carbocycles. The Morgan fingerprint density at radius 1 is 1.07 bits per heavy atom. The predicted molar refractivity (Wildman–Crippen MR) is 60.3 cm³/mol. The van der Waals surface area contributed by atoms with Crippen LogP contribution in [0.15, 0.2) is 12.2 Å². The van der Waals surface area contributed by atoms with Crippen molar-refractivity contribution >= 4 is 8.80 Å². The molecule has 14 heavy (non-hydrogen) atoms. The maximum absolute atomic E-state index is 5.43. The molecule has 0 spiro atoms. The maximum Gasteiger partial charge on any atom is 0.507 e. The molecular formula is C10H22O3Si. The van der Waals surface area contributed by atoms with Gasteiger partial charge >= 0.3 is 8.80 Å². The van der Waals surface area contributed by atoms with Gasteiger partial charge in [-0.25, -0.2) is 0 Å². The number of hydrogen-bond acceptors (Lipinski definition) is 3. The summed E-state index contributed by atoms with van der Waals surface area (Å²) in [4.78, 5) is 0. The van der Waals surface area contributed by atoms with Gasteiger partial charge in [-0.2, -0.15) is 0 Å². The van der Waals surface area contributed by atoms with Crippen molar-refractivity contribution in [2.75, 3.05) is 21.3 Å². The SMILES string of the molecule is CCC=CC(CC)[Si](OC)(OC)OC. The zero-order valence-electron chi connectivity index (χ0n) is 9.87. The molecule has 0 radical (unpaired) electrons. The summed E-state index contributed by atoms with van der Waals surface area (Å²) < 4.78 is 16.3. The van der Waals surface area contributed by atoms with Crippen molar-refractivity contribution < 1.29 is 13.3 Å². The molecule has 0 bridgehead atoms. The fourth-order valence-corrected chi connectivity index (χ4v) is 3.79. The lowest BCUT2D eigenvalue weighted by atomic mass is 10.3. The highest BCUT2D eigenvalue weighted by atomic mass is 28.4. The normalized spacial score (nSPS) is 14.9. The zero-order chi connectivity index (χ0) is 11.0. The Morgan fingerprint density at radius 3 is 1.86 bits per heavy atom. The van der Waals surface area contributed by atoms with Gasteiger partial charge in [0.2, 0.25) is 0 Å². The van der Waals surface area contributed by atoms with Gasteiger partial charge in [0.15, 0.2) is 0 Å². The summed E-state index contributed by atoms with van der Waals surface area (Å²) in [5.41, 5.74) is 0.252. The molecule has 0 fully saturated rings. The Hall–Kier alpha value is -0.163. The molecule has 1 unspecified atom stereocenters. The molecule has 0 aromatic heterocycles. The molecule has 0 N–H and O–H groups in total. The van der Waals surface area contributed by atoms with E-state index in [0.29, 0.717) is 0 Å². The minimum absolute atomic E-state index is 0.252. The van der Waals surface area contributed by atoms with E-state index in [1.807, 2.05) is 0 Å². The summed E-state index contributed by atoms with van der Waals surface area (Å²) >= 11 is 0. The first-order chi connectivity index (χ1) is 6.70. The third kappa shape index (κ3) is 3.20. The van der Waals surface area contributed by atoms with Crippen LogP contribution in [0.1, 0.15) is 26.7 Å². The Morgan fingerprint density at radius 2 is 1.57 bits per heavy atom. The molecular weight excluding hydrogens is 196 g/mol. The molecule has 0 saturated heterocycles. The summed E-state index contributed by atoms with van der Waals surface area (Å²) in [6.07, 6.45) is 6.27. The predicted octanol–water partition coefficient (Wildman–Crippen LogP) is 2.61. The van der Waals surface area contributed by atoms with Crippen molar-refractivity contribution in [3.8, 4) is 0 Å². The lowest BCUT2D eigenvalue weighted by Gasteiger charge is -2.30. The molecule has 0 aliphatic carbocycles. The smallest absolute Gasteiger partial charge is 0.376 e. The largest absolute Gasteiger partial charge is 0.507 e. The molecule has 0 aromatic carbocycles. The molecule has 0 heterocycles. The first-order valence-corrected chi connectivity index (χ1v) is 6.83. The molecule has 0 aromatic rings. The average molecular weight is 218 g/mol. The van der Waals surface area contributed by atoms with Gasteiger partial charge in [0, 0.05) is 26.9 Å². The van der Waals surface area contributed by atoms with Gasteiger partial charge in [-0.1, -0.05) is 26.0 Å². The second-order valence-electron chi connectivity index (χ2n) is 3.07. The Balaban J connectivity index is 4.65. The molecule has 84 valence electrons. The second kappa shape index (κ2) is 7.17. The highest BCUT2D eigenvalue weighted by Gasteiger charge is 2.44. The monoisotopic (exact) mass is 218 g/mol. The van der Waals surface area contributed by atoms with Gasteiger partial charge in [-0.15, -0.1) is 0 Å². The topological polar surface area (TPSA) is 27.7 Å². The minimum Gasteiger partial charge on any atom is -0.376 e. The van der Waals surface area contributed by atoms with Crippen molar-refractivity contribution in [3.05, 3.63) is 12.2 Å². The Bertz CT molecular complexity index is 158. The van der Waals surface area contributed by atoms with Crippen LogP contribution in [-0.2, 0) is 13.3 Å². The summed E-state index contributed by atoms with van der Waals surface area (Å²) in [7, 11) is 2.49. The summed E-state index contributed by atoms with van der Waals surface area (Å²) in [6.45, 7) is 4.22. The van der Waals surface area contributed by atoms with Crippen LogP contribution in [0, 0.1) is 0 Å². The quantitative estimate of drug-likeness (QED) is 0.485. The molecule has 0 amide bonds. The molecule has 0 aliphatic heterocycles. The molecule has 4 heteroatoms. The van der Waals surface area contributed by atoms with Crippen LogP contribution in [0.2, 0.25) is 5.54 Å². The Labute approximate surface area is 88.4 Å². The third-order valence-corrected chi connectivity index (χ3v) is 5.57. The van der Waals surface area contributed by atoms with Crippen LogP contribution >= 0.6 is 0 Å². The van der Waals surface area contributed by atoms with Crippen molar-refractivity contribution in [2.45, 2.75) is 32.2 Å². The van der Waals surface area contributed by atoms with Crippen LogP contribution in [0.5, 0.6) is 0 Å². The zero-order valence-corrected chi connectivity index (χ0v) is 10.9. The van der Waals surface area contributed by atoms with E-state index in [0.717, 1.165) is 12.8 Å². The Kier molecular flexibility index (Phi) is 7.09. The van der Waals surface area contributed by atoms with Gasteiger partial charge in [0.05, 0.1) is 0 Å². The second-order valence-corrected chi connectivity index (χ2v) is 6.24.